The topological polar surface area (TPSA) is 41.6 Å². The third kappa shape index (κ3) is 2.76. The van der Waals surface area contributed by atoms with Crippen molar-refractivity contribution in [2.24, 2.45) is 0 Å². The Morgan fingerprint density at radius 1 is 1.50 bits per heavy atom. The van der Waals surface area contributed by atoms with E-state index in [1.807, 2.05) is 19.9 Å². The quantitative estimate of drug-likeness (QED) is 0.912. The molecule has 0 heterocycles. The molecular formula is C13H19ClN2O2. The van der Waals surface area contributed by atoms with Crippen LogP contribution < -0.4 is 15.0 Å². The van der Waals surface area contributed by atoms with Gasteiger partial charge in [0.25, 0.3) is 0 Å². The number of methoxy groups -OCH3 is 1. The van der Waals surface area contributed by atoms with Crippen LogP contribution in [0.2, 0.25) is 5.02 Å². The number of nitrogens with one attached hydrogen (secondary N) is 1. The molecule has 0 aliphatic rings. The lowest BCUT2D eigenvalue weighted by atomic mass is 10.1. The molecule has 4 nitrogen and oxygen atoms in total. The molecule has 0 saturated carbocycles. The van der Waals surface area contributed by atoms with Gasteiger partial charge in [-0.05, 0) is 38.1 Å². The molecule has 0 spiro atoms. The van der Waals surface area contributed by atoms with Gasteiger partial charge >= 0.3 is 0 Å². The standard InChI is InChI=1S/C13H19ClN2O2/c1-8-6-10(18-5)13(9(2)12(8)14)16(4)11(17)7-15-3/h6,15H,7H2,1-5H3. The largest absolute Gasteiger partial charge is 0.495 e. The van der Waals surface area contributed by atoms with Crippen molar-refractivity contribution in [1.82, 2.24) is 5.32 Å². The molecule has 0 fully saturated rings. The number of halogens is 1. The molecule has 0 aromatic heterocycles. The van der Waals surface area contributed by atoms with Gasteiger partial charge in [-0.2, -0.15) is 0 Å². The van der Waals surface area contributed by atoms with Gasteiger partial charge in [-0.15, -0.1) is 0 Å². The molecular weight excluding hydrogens is 252 g/mol. The summed E-state index contributed by atoms with van der Waals surface area (Å²) in [7, 11) is 5.04. The highest BCUT2D eigenvalue weighted by Gasteiger charge is 2.20. The molecule has 0 aliphatic heterocycles. The van der Waals surface area contributed by atoms with Crippen LogP contribution in [0.15, 0.2) is 6.07 Å². The van der Waals surface area contributed by atoms with Crippen LogP contribution in [-0.4, -0.2) is 33.7 Å². The van der Waals surface area contributed by atoms with Crippen LogP contribution in [0.4, 0.5) is 5.69 Å². The summed E-state index contributed by atoms with van der Waals surface area (Å²) in [6, 6.07) is 1.84. The summed E-state index contributed by atoms with van der Waals surface area (Å²) in [6.07, 6.45) is 0. The first-order valence-electron chi connectivity index (χ1n) is 5.68. The zero-order chi connectivity index (χ0) is 13.9. The van der Waals surface area contributed by atoms with Crippen molar-refractivity contribution in [2.45, 2.75) is 13.8 Å². The molecule has 1 aromatic rings. The third-order valence-electron chi connectivity index (χ3n) is 2.87. The number of anilines is 1. The average Bonchev–Trinajstić information content (AvgIpc) is 2.35. The number of rotatable bonds is 4. The predicted octanol–water partition coefficient (Wildman–Crippen LogP) is 2.15. The van der Waals surface area contributed by atoms with E-state index in [2.05, 4.69) is 5.32 Å². The fraction of sp³-hybridized carbons (Fsp3) is 0.462. The van der Waals surface area contributed by atoms with Gasteiger partial charge in [-0.3, -0.25) is 4.79 Å². The smallest absolute Gasteiger partial charge is 0.240 e. The van der Waals surface area contributed by atoms with E-state index in [0.29, 0.717) is 16.5 Å². The van der Waals surface area contributed by atoms with E-state index in [4.69, 9.17) is 16.3 Å². The summed E-state index contributed by atoms with van der Waals surface area (Å²) < 4.78 is 5.34. The zero-order valence-corrected chi connectivity index (χ0v) is 12.2. The first-order chi connectivity index (χ1) is 8.43. The lowest BCUT2D eigenvalue weighted by molar-refractivity contribution is -0.117. The first-order valence-corrected chi connectivity index (χ1v) is 6.06. The Hall–Kier alpha value is -1.26. The van der Waals surface area contributed by atoms with Crippen molar-refractivity contribution in [3.63, 3.8) is 0 Å². The first kappa shape index (κ1) is 14.8. The summed E-state index contributed by atoms with van der Waals surface area (Å²) in [6.45, 7) is 4.07. The second kappa shape index (κ2) is 6.07. The predicted molar refractivity (Wildman–Crippen MR) is 74.8 cm³/mol. The molecule has 0 saturated heterocycles. The molecule has 5 heteroatoms. The number of hydrogen-bond acceptors (Lipinski definition) is 3. The number of nitrogens with zero attached hydrogens (tertiary/aromatic N) is 1. The number of aryl methyl sites for hydroxylation is 1. The summed E-state index contributed by atoms with van der Waals surface area (Å²) in [5.41, 5.74) is 2.50. The maximum absolute atomic E-state index is 11.9. The Labute approximate surface area is 113 Å². The van der Waals surface area contributed by atoms with Crippen LogP contribution in [0.1, 0.15) is 11.1 Å². The minimum Gasteiger partial charge on any atom is -0.495 e. The van der Waals surface area contributed by atoms with E-state index < -0.39 is 0 Å². The molecule has 100 valence electrons. The number of carbonyl (C=O) groups is 1. The van der Waals surface area contributed by atoms with Gasteiger partial charge in [-0.25, -0.2) is 0 Å². The van der Waals surface area contributed by atoms with E-state index >= 15 is 0 Å². The summed E-state index contributed by atoms with van der Waals surface area (Å²) in [5.74, 6) is 0.611. The third-order valence-corrected chi connectivity index (χ3v) is 3.45. The molecule has 18 heavy (non-hydrogen) atoms. The van der Waals surface area contributed by atoms with Gasteiger partial charge in [0.1, 0.15) is 5.75 Å². The van der Waals surface area contributed by atoms with Crippen molar-refractivity contribution in [1.29, 1.82) is 0 Å². The fourth-order valence-electron chi connectivity index (χ4n) is 1.88. The molecule has 1 aromatic carbocycles. The molecule has 0 unspecified atom stereocenters. The molecule has 0 radical (unpaired) electrons. The molecule has 0 aliphatic carbocycles. The number of amides is 1. The molecule has 1 amide bonds. The number of hydrogen-bond donors (Lipinski definition) is 1. The highest BCUT2D eigenvalue weighted by molar-refractivity contribution is 6.32. The molecule has 1 N–H and O–H groups in total. The Bertz CT molecular complexity index is 461. The summed E-state index contributed by atoms with van der Waals surface area (Å²) in [4.78, 5) is 13.5. The maximum Gasteiger partial charge on any atom is 0.240 e. The van der Waals surface area contributed by atoms with Gasteiger partial charge in [-0.1, -0.05) is 11.6 Å². The van der Waals surface area contributed by atoms with Crippen molar-refractivity contribution in [2.75, 3.05) is 32.6 Å². The lowest BCUT2D eigenvalue weighted by Gasteiger charge is -2.23. The van der Waals surface area contributed by atoms with Gasteiger partial charge < -0.3 is 15.0 Å². The second-order valence-corrected chi connectivity index (χ2v) is 4.54. The van der Waals surface area contributed by atoms with Gasteiger partial charge in [0.2, 0.25) is 5.91 Å². The van der Waals surface area contributed by atoms with Gasteiger partial charge in [0.05, 0.1) is 19.3 Å². The fourth-order valence-corrected chi connectivity index (χ4v) is 2.02. The van der Waals surface area contributed by atoms with Crippen molar-refractivity contribution >= 4 is 23.2 Å². The Kier molecular flexibility index (Phi) is 4.99. The van der Waals surface area contributed by atoms with Crippen molar-refractivity contribution in [3.05, 3.63) is 22.2 Å². The van der Waals surface area contributed by atoms with Crippen LogP contribution in [0.3, 0.4) is 0 Å². The molecule has 1 rings (SSSR count). The molecule has 0 bridgehead atoms. The average molecular weight is 271 g/mol. The van der Waals surface area contributed by atoms with Gasteiger partial charge in [0, 0.05) is 12.1 Å². The van der Waals surface area contributed by atoms with Crippen LogP contribution in [0.25, 0.3) is 0 Å². The monoisotopic (exact) mass is 270 g/mol. The summed E-state index contributed by atoms with van der Waals surface area (Å²) >= 11 is 6.23. The summed E-state index contributed by atoms with van der Waals surface area (Å²) in [5, 5.41) is 3.50. The van der Waals surface area contributed by atoms with Gasteiger partial charge in [0.15, 0.2) is 0 Å². The Morgan fingerprint density at radius 3 is 2.61 bits per heavy atom. The number of ether oxygens (including phenoxy) is 1. The van der Waals surface area contributed by atoms with Crippen LogP contribution in [0.5, 0.6) is 5.75 Å². The van der Waals surface area contributed by atoms with Crippen molar-refractivity contribution < 1.29 is 9.53 Å². The van der Waals surface area contributed by atoms with E-state index in [9.17, 15) is 4.79 Å². The maximum atomic E-state index is 11.9. The van der Waals surface area contributed by atoms with Crippen LogP contribution >= 0.6 is 11.6 Å². The van der Waals surface area contributed by atoms with E-state index in [1.54, 1.807) is 26.1 Å². The minimum absolute atomic E-state index is 0.0428. The van der Waals surface area contributed by atoms with Crippen LogP contribution in [0, 0.1) is 13.8 Å². The van der Waals surface area contributed by atoms with Crippen molar-refractivity contribution in [3.8, 4) is 5.75 Å². The Balaban J connectivity index is 3.30. The SMILES string of the molecule is CNCC(=O)N(C)c1c(OC)cc(C)c(Cl)c1C. The van der Waals surface area contributed by atoms with Crippen LogP contribution in [-0.2, 0) is 4.79 Å². The zero-order valence-electron chi connectivity index (χ0n) is 11.4. The number of carbonyl (C=O) groups excluding carboxylic acids is 1. The second-order valence-electron chi connectivity index (χ2n) is 4.17. The normalized spacial score (nSPS) is 10.3. The van der Waals surface area contributed by atoms with E-state index in [0.717, 1.165) is 11.1 Å². The van der Waals surface area contributed by atoms with E-state index in [1.165, 1.54) is 0 Å². The highest BCUT2D eigenvalue weighted by atomic mass is 35.5. The number of benzene rings is 1. The Morgan fingerprint density at radius 2 is 2.11 bits per heavy atom. The minimum atomic E-state index is -0.0428. The highest BCUT2D eigenvalue weighted by Crippen LogP contribution is 2.37. The van der Waals surface area contributed by atoms with E-state index in [-0.39, 0.29) is 12.5 Å². The molecule has 0 atom stereocenters. The lowest BCUT2D eigenvalue weighted by Crippen LogP contribution is -2.34. The number of likely N-dealkylation sites (N-methyl/N-ethyl adjacent to an activating group) is 2.